The molecule has 0 aliphatic carbocycles. The Kier molecular flexibility index (Phi) is 9.20. The van der Waals surface area contributed by atoms with Crippen molar-refractivity contribution in [3.05, 3.63) is 69.8 Å². The van der Waals surface area contributed by atoms with Crippen LogP contribution in [0.3, 0.4) is 0 Å². The number of non-ortho nitro benzene ring substituents is 1. The number of nitro benzene ring substituents is 1. The summed E-state index contributed by atoms with van der Waals surface area (Å²) < 4.78 is 26.2. The molecule has 1 atom stereocenters. The molecule has 0 heterocycles. The van der Waals surface area contributed by atoms with Gasteiger partial charge in [-0.05, 0) is 52.2 Å². The van der Waals surface area contributed by atoms with E-state index in [1.165, 1.54) is 17.0 Å². The monoisotopic (exact) mass is 518 g/mol. The van der Waals surface area contributed by atoms with E-state index in [2.05, 4.69) is 5.32 Å². The predicted molar refractivity (Wildman–Crippen MR) is 139 cm³/mol. The van der Waals surface area contributed by atoms with Gasteiger partial charge < -0.3 is 10.2 Å². The van der Waals surface area contributed by atoms with E-state index in [0.717, 1.165) is 22.2 Å². The summed E-state index contributed by atoms with van der Waals surface area (Å²) in [5, 5.41) is 14.1. The van der Waals surface area contributed by atoms with Crippen molar-refractivity contribution in [3.8, 4) is 0 Å². The molecule has 0 saturated carbocycles. The van der Waals surface area contributed by atoms with Gasteiger partial charge in [-0.15, -0.1) is 0 Å². The summed E-state index contributed by atoms with van der Waals surface area (Å²) in [6.07, 6.45) is 1.39. The number of sulfonamides is 1. The average molecular weight is 519 g/mol. The number of rotatable bonds is 10. The lowest BCUT2D eigenvalue weighted by Crippen LogP contribution is -2.55. The fraction of sp³-hybridized carbons (Fsp3) is 0.440. The van der Waals surface area contributed by atoms with E-state index >= 15 is 0 Å². The molecule has 0 aromatic heterocycles. The topological polar surface area (TPSA) is 130 Å². The second kappa shape index (κ2) is 11.5. The van der Waals surface area contributed by atoms with Gasteiger partial charge in [-0.25, -0.2) is 8.42 Å². The van der Waals surface area contributed by atoms with Crippen LogP contribution in [0.1, 0.15) is 38.8 Å². The first-order valence-electron chi connectivity index (χ1n) is 11.5. The zero-order valence-electron chi connectivity index (χ0n) is 21.5. The zero-order valence-corrected chi connectivity index (χ0v) is 22.3. The number of aryl methyl sites for hydroxylation is 1. The maximum atomic E-state index is 13.5. The third kappa shape index (κ3) is 8.04. The number of carbonyl (C=O) groups is 2. The van der Waals surface area contributed by atoms with Crippen molar-refractivity contribution in [1.29, 1.82) is 0 Å². The molecule has 0 saturated heterocycles. The summed E-state index contributed by atoms with van der Waals surface area (Å²) in [7, 11) is -3.99. The van der Waals surface area contributed by atoms with Crippen molar-refractivity contribution in [3.63, 3.8) is 0 Å². The molecule has 2 amide bonds. The molecule has 2 rings (SSSR count). The Morgan fingerprint density at radius 1 is 1.11 bits per heavy atom. The first-order chi connectivity index (χ1) is 16.6. The van der Waals surface area contributed by atoms with Gasteiger partial charge in [0.15, 0.2) is 0 Å². The molecule has 0 unspecified atom stereocenters. The van der Waals surface area contributed by atoms with Gasteiger partial charge in [0.25, 0.3) is 5.69 Å². The number of anilines is 1. The molecular weight excluding hydrogens is 484 g/mol. The number of hydrogen-bond acceptors (Lipinski definition) is 6. The number of nitrogens with zero attached hydrogens (tertiary/aromatic N) is 3. The Morgan fingerprint density at radius 3 is 2.25 bits per heavy atom. The van der Waals surface area contributed by atoms with Crippen LogP contribution in [0, 0.1) is 17.0 Å². The highest BCUT2D eigenvalue weighted by Gasteiger charge is 2.32. The van der Waals surface area contributed by atoms with Crippen molar-refractivity contribution in [2.24, 2.45) is 0 Å². The highest BCUT2D eigenvalue weighted by Crippen LogP contribution is 2.27. The van der Waals surface area contributed by atoms with Gasteiger partial charge in [0.1, 0.15) is 12.6 Å². The summed E-state index contributed by atoms with van der Waals surface area (Å²) in [6, 6.07) is 12.4. The Balaban J connectivity index is 2.42. The Labute approximate surface area is 212 Å². The number of benzene rings is 2. The molecule has 0 aliphatic heterocycles. The van der Waals surface area contributed by atoms with Crippen LogP contribution >= 0.6 is 0 Å². The van der Waals surface area contributed by atoms with E-state index < -0.39 is 39.0 Å². The van der Waals surface area contributed by atoms with Gasteiger partial charge in [0.05, 0.1) is 16.9 Å². The fourth-order valence-corrected chi connectivity index (χ4v) is 4.52. The summed E-state index contributed by atoms with van der Waals surface area (Å²) in [6.45, 7) is 8.23. The van der Waals surface area contributed by atoms with Gasteiger partial charge in [-0.2, -0.15) is 0 Å². The van der Waals surface area contributed by atoms with Crippen LogP contribution in [0.5, 0.6) is 0 Å². The van der Waals surface area contributed by atoms with Crippen LogP contribution in [0.4, 0.5) is 11.4 Å². The van der Waals surface area contributed by atoms with Crippen LogP contribution in [0.25, 0.3) is 0 Å². The number of carbonyl (C=O) groups excluding carboxylic acids is 2. The van der Waals surface area contributed by atoms with Crippen LogP contribution in [-0.2, 0) is 26.0 Å². The molecule has 2 aromatic rings. The van der Waals surface area contributed by atoms with E-state index in [9.17, 15) is 28.1 Å². The third-order valence-electron chi connectivity index (χ3n) is 5.50. The van der Waals surface area contributed by atoms with E-state index in [1.54, 1.807) is 13.8 Å². The van der Waals surface area contributed by atoms with Crippen molar-refractivity contribution >= 4 is 33.2 Å². The number of hydrogen-bond donors (Lipinski definition) is 1. The highest BCUT2D eigenvalue weighted by molar-refractivity contribution is 7.92. The molecule has 1 N–H and O–H groups in total. The minimum Gasteiger partial charge on any atom is -0.350 e. The number of amides is 2. The SMILES string of the molecule is Cc1ccc([N+](=O)[O-])cc1N(CC(=O)N(CCc1ccccc1)[C@@H](C)C(=O)NC(C)(C)C)S(C)(=O)=O. The summed E-state index contributed by atoms with van der Waals surface area (Å²) >= 11 is 0. The molecule has 11 heteroatoms. The smallest absolute Gasteiger partial charge is 0.271 e. The maximum Gasteiger partial charge on any atom is 0.271 e. The van der Waals surface area contributed by atoms with E-state index in [4.69, 9.17) is 0 Å². The van der Waals surface area contributed by atoms with E-state index in [1.807, 2.05) is 51.1 Å². The Hall–Kier alpha value is -3.47. The van der Waals surface area contributed by atoms with Gasteiger partial charge >= 0.3 is 0 Å². The molecule has 0 radical (unpaired) electrons. The second-order valence-electron chi connectivity index (χ2n) is 9.74. The summed E-state index contributed by atoms with van der Waals surface area (Å²) in [5.74, 6) is -0.972. The summed E-state index contributed by atoms with van der Waals surface area (Å²) in [5.41, 5.74) is 0.616. The first kappa shape index (κ1) is 28.8. The number of nitro groups is 1. The quantitative estimate of drug-likeness (QED) is 0.380. The highest BCUT2D eigenvalue weighted by atomic mass is 32.2. The summed E-state index contributed by atoms with van der Waals surface area (Å²) in [4.78, 5) is 38.5. The Morgan fingerprint density at radius 2 is 1.72 bits per heavy atom. The van der Waals surface area contributed by atoms with Crippen LogP contribution < -0.4 is 9.62 Å². The largest absolute Gasteiger partial charge is 0.350 e. The molecule has 0 fully saturated rings. The second-order valence-corrected chi connectivity index (χ2v) is 11.6. The maximum absolute atomic E-state index is 13.5. The van der Waals surface area contributed by atoms with Gasteiger partial charge in [0.2, 0.25) is 21.8 Å². The van der Waals surface area contributed by atoms with Gasteiger partial charge in [-0.3, -0.25) is 24.0 Å². The lowest BCUT2D eigenvalue weighted by molar-refractivity contribution is -0.384. The van der Waals surface area contributed by atoms with E-state index in [0.29, 0.717) is 12.0 Å². The fourth-order valence-electron chi connectivity index (χ4n) is 3.62. The number of nitrogens with one attached hydrogen (secondary N) is 1. The van der Waals surface area contributed by atoms with Crippen molar-refractivity contribution in [2.45, 2.75) is 52.6 Å². The van der Waals surface area contributed by atoms with Crippen molar-refractivity contribution in [1.82, 2.24) is 10.2 Å². The molecule has 0 bridgehead atoms. The molecule has 0 aliphatic rings. The molecule has 2 aromatic carbocycles. The van der Waals surface area contributed by atoms with Crippen LogP contribution in [-0.4, -0.2) is 61.0 Å². The third-order valence-corrected chi connectivity index (χ3v) is 6.63. The molecule has 10 nitrogen and oxygen atoms in total. The Bertz CT molecular complexity index is 1210. The lowest BCUT2D eigenvalue weighted by atomic mass is 10.1. The first-order valence-corrected chi connectivity index (χ1v) is 13.3. The predicted octanol–water partition coefficient (Wildman–Crippen LogP) is 3.04. The van der Waals surface area contributed by atoms with Gasteiger partial charge in [-0.1, -0.05) is 36.4 Å². The van der Waals surface area contributed by atoms with Crippen molar-refractivity contribution in [2.75, 3.05) is 23.7 Å². The standard InChI is InChI=1S/C25H34N4O6S/c1-18-12-13-21(29(32)33)16-22(18)28(36(6,34)35)17-23(30)27(15-14-20-10-8-7-9-11-20)19(2)24(31)26-25(3,4)5/h7-13,16,19H,14-15,17H2,1-6H3,(H,26,31)/t19-/m0/s1. The molecule has 36 heavy (non-hydrogen) atoms. The normalized spacial score (nSPS) is 12.5. The van der Waals surface area contributed by atoms with E-state index in [-0.39, 0.29) is 23.8 Å². The van der Waals surface area contributed by atoms with Crippen LogP contribution in [0.2, 0.25) is 0 Å². The van der Waals surface area contributed by atoms with Crippen LogP contribution in [0.15, 0.2) is 48.5 Å². The minimum atomic E-state index is -3.99. The molecular formula is C25H34N4O6S. The minimum absolute atomic E-state index is 0.0369. The average Bonchev–Trinajstić information content (AvgIpc) is 2.76. The molecule has 196 valence electrons. The van der Waals surface area contributed by atoms with Gasteiger partial charge in [0, 0.05) is 24.2 Å². The molecule has 0 spiro atoms. The zero-order chi connectivity index (χ0) is 27.3. The lowest BCUT2D eigenvalue weighted by Gasteiger charge is -2.33. The van der Waals surface area contributed by atoms with Crippen molar-refractivity contribution < 1.29 is 22.9 Å².